The first-order valence-corrected chi connectivity index (χ1v) is 7.79. The fourth-order valence-corrected chi connectivity index (χ4v) is 3.72. The number of benzene rings is 1. The average molecular weight is 325 g/mol. The van der Waals surface area contributed by atoms with Gasteiger partial charge in [0.25, 0.3) is 0 Å². The number of hydrogen-bond donors (Lipinski definition) is 0. The summed E-state index contributed by atoms with van der Waals surface area (Å²) in [5.41, 5.74) is -0.0379. The van der Waals surface area contributed by atoms with Crippen LogP contribution in [-0.4, -0.2) is 39.9 Å². The molecule has 6 nitrogen and oxygen atoms in total. The summed E-state index contributed by atoms with van der Waals surface area (Å²) in [5.74, 6) is -1.71. The van der Waals surface area contributed by atoms with Crippen molar-refractivity contribution in [1.29, 1.82) is 0 Å². The predicted molar refractivity (Wildman–Crippen MR) is 82.7 cm³/mol. The van der Waals surface area contributed by atoms with Crippen molar-refractivity contribution in [3.63, 3.8) is 0 Å². The van der Waals surface area contributed by atoms with Gasteiger partial charge in [-0.05, 0) is 13.8 Å². The zero-order valence-electron chi connectivity index (χ0n) is 13.3. The highest BCUT2D eigenvalue weighted by Crippen LogP contribution is 2.46. The maximum atomic E-state index is 12.7. The van der Waals surface area contributed by atoms with Gasteiger partial charge in [0.2, 0.25) is 23.4 Å². The van der Waals surface area contributed by atoms with E-state index in [-0.39, 0.29) is 35.8 Å². The van der Waals surface area contributed by atoms with Gasteiger partial charge in [0, 0.05) is 24.0 Å². The van der Waals surface area contributed by atoms with Gasteiger partial charge in [-0.3, -0.25) is 24.1 Å². The Balaban J connectivity index is 1.95. The number of imide groups is 1. The van der Waals surface area contributed by atoms with Crippen molar-refractivity contribution in [3.05, 3.63) is 41.0 Å². The molecule has 0 N–H and O–H groups in total. The van der Waals surface area contributed by atoms with E-state index in [0.29, 0.717) is 11.3 Å². The number of fused-ring (bicyclic) bond motifs is 2. The van der Waals surface area contributed by atoms with Crippen molar-refractivity contribution < 1.29 is 23.9 Å². The quantitative estimate of drug-likeness (QED) is 0.577. The molecule has 1 aliphatic carbocycles. The summed E-state index contributed by atoms with van der Waals surface area (Å²) in [6.07, 6.45) is 0.236. The van der Waals surface area contributed by atoms with Crippen molar-refractivity contribution in [3.8, 4) is 0 Å². The van der Waals surface area contributed by atoms with Gasteiger partial charge in [-0.15, -0.1) is 0 Å². The van der Waals surface area contributed by atoms with Crippen LogP contribution in [-0.2, 0) is 19.1 Å². The van der Waals surface area contributed by atoms with Gasteiger partial charge in [-0.25, -0.2) is 0 Å². The number of hydrogen-bond acceptors (Lipinski definition) is 5. The van der Waals surface area contributed by atoms with Crippen LogP contribution in [0.5, 0.6) is 0 Å². The lowest BCUT2D eigenvalue weighted by Crippen LogP contribution is -2.52. The number of Topliss-reactive ketones (excluding diaryl/α,β-unsaturated/α-hetero) is 2. The highest BCUT2D eigenvalue weighted by molar-refractivity contribution is 6.52. The molecule has 1 unspecified atom stereocenters. The summed E-state index contributed by atoms with van der Waals surface area (Å²) in [6.45, 7) is 3.43. The fraction of sp³-hybridized carbons (Fsp3) is 0.333. The third-order valence-corrected chi connectivity index (χ3v) is 4.76. The Bertz CT molecular complexity index is 848. The molecule has 1 atom stereocenters. The topological polar surface area (TPSA) is 80.8 Å². The number of ketones is 2. The van der Waals surface area contributed by atoms with Crippen LogP contribution in [0.4, 0.5) is 0 Å². The van der Waals surface area contributed by atoms with Crippen LogP contribution >= 0.6 is 0 Å². The molecule has 1 saturated heterocycles. The minimum atomic E-state index is -0.978. The van der Waals surface area contributed by atoms with Crippen LogP contribution < -0.4 is 0 Å². The second-order valence-electron chi connectivity index (χ2n) is 6.71. The van der Waals surface area contributed by atoms with Crippen molar-refractivity contribution in [2.75, 3.05) is 0 Å². The maximum absolute atomic E-state index is 12.7. The predicted octanol–water partition coefficient (Wildman–Crippen LogP) is 1.49. The Morgan fingerprint density at radius 3 is 2.17 bits per heavy atom. The van der Waals surface area contributed by atoms with Crippen molar-refractivity contribution in [1.82, 2.24) is 4.90 Å². The smallest absolute Gasteiger partial charge is 0.235 e. The number of rotatable bonds is 1. The number of carbonyl (C=O) groups excluding carboxylic acids is 4. The molecule has 1 aromatic carbocycles. The highest BCUT2D eigenvalue weighted by Gasteiger charge is 2.56. The second kappa shape index (κ2) is 4.63. The molecular weight excluding hydrogens is 310 g/mol. The number of ether oxygens (including phenoxy) is 1. The van der Waals surface area contributed by atoms with E-state index < -0.39 is 23.2 Å². The normalized spacial score (nSPS) is 25.1. The molecule has 122 valence electrons. The van der Waals surface area contributed by atoms with Crippen LogP contribution in [0.1, 0.15) is 42.6 Å². The zero-order chi connectivity index (χ0) is 17.2. The summed E-state index contributed by atoms with van der Waals surface area (Å²) < 4.78 is 5.98. The molecule has 3 aliphatic rings. The van der Waals surface area contributed by atoms with E-state index in [0.717, 1.165) is 4.90 Å². The fourth-order valence-electron chi connectivity index (χ4n) is 3.72. The monoisotopic (exact) mass is 325 g/mol. The summed E-state index contributed by atoms with van der Waals surface area (Å²) in [7, 11) is 0. The zero-order valence-corrected chi connectivity index (χ0v) is 13.3. The molecule has 0 radical (unpaired) electrons. The molecule has 4 rings (SSSR count). The van der Waals surface area contributed by atoms with E-state index in [1.807, 2.05) is 0 Å². The van der Waals surface area contributed by atoms with Crippen molar-refractivity contribution in [2.45, 2.75) is 38.3 Å². The Labute approximate surface area is 138 Å². The van der Waals surface area contributed by atoms with Gasteiger partial charge in [0.05, 0.1) is 5.57 Å². The average Bonchev–Trinajstić information content (AvgIpc) is 3.01. The van der Waals surface area contributed by atoms with Crippen LogP contribution in [0, 0.1) is 0 Å². The van der Waals surface area contributed by atoms with Crippen LogP contribution in [0.2, 0.25) is 0 Å². The Morgan fingerprint density at radius 2 is 1.54 bits per heavy atom. The van der Waals surface area contributed by atoms with Crippen LogP contribution in [0.15, 0.2) is 29.8 Å². The molecular formula is C18H15NO5. The molecule has 0 spiro atoms. The molecule has 0 saturated carbocycles. The van der Waals surface area contributed by atoms with E-state index in [4.69, 9.17) is 4.74 Å². The summed E-state index contributed by atoms with van der Waals surface area (Å²) in [5, 5.41) is 0. The van der Waals surface area contributed by atoms with Crippen molar-refractivity contribution >= 4 is 29.1 Å². The van der Waals surface area contributed by atoms with Gasteiger partial charge in [-0.1, -0.05) is 24.3 Å². The molecule has 0 bridgehead atoms. The minimum absolute atomic E-state index is 0.118. The van der Waals surface area contributed by atoms with E-state index in [9.17, 15) is 19.2 Å². The SMILES string of the molecule is CC1(C)OC2=C(C(=O)C(=O)c3ccccc32)C1N1C(=O)CCC1=O. The van der Waals surface area contributed by atoms with E-state index in [1.165, 1.54) is 0 Å². The van der Waals surface area contributed by atoms with Gasteiger partial charge in [0.1, 0.15) is 17.4 Å². The van der Waals surface area contributed by atoms with Crippen LogP contribution in [0.25, 0.3) is 5.76 Å². The molecule has 1 fully saturated rings. The first-order valence-electron chi connectivity index (χ1n) is 7.79. The van der Waals surface area contributed by atoms with Gasteiger partial charge in [0.15, 0.2) is 0 Å². The molecule has 2 amide bonds. The standard InChI is InChI=1S/C18H15NO5/c1-18(2)17(19-11(20)7-8-12(19)21)13-15(23)14(22)9-5-3-4-6-10(9)16(13)24-18/h3-6,17H,7-8H2,1-2H3. The second-order valence-corrected chi connectivity index (χ2v) is 6.71. The Hall–Kier alpha value is -2.76. The van der Waals surface area contributed by atoms with Gasteiger partial charge < -0.3 is 4.74 Å². The first-order chi connectivity index (χ1) is 11.3. The molecule has 2 aliphatic heterocycles. The number of amides is 2. The highest BCUT2D eigenvalue weighted by atomic mass is 16.5. The lowest BCUT2D eigenvalue weighted by molar-refractivity contribution is -0.144. The van der Waals surface area contributed by atoms with E-state index in [2.05, 4.69) is 0 Å². The van der Waals surface area contributed by atoms with E-state index >= 15 is 0 Å². The van der Waals surface area contributed by atoms with Gasteiger partial charge in [-0.2, -0.15) is 0 Å². The lowest BCUT2D eigenvalue weighted by atomic mass is 9.82. The molecule has 6 heteroatoms. The lowest BCUT2D eigenvalue weighted by Gasteiger charge is -2.33. The first kappa shape index (κ1) is 14.8. The number of nitrogens with zero attached hydrogens (tertiary/aromatic N) is 1. The molecule has 1 aromatic rings. The number of likely N-dealkylation sites (tertiary alicyclic amines) is 1. The Morgan fingerprint density at radius 1 is 0.958 bits per heavy atom. The van der Waals surface area contributed by atoms with Crippen LogP contribution in [0.3, 0.4) is 0 Å². The number of carbonyl (C=O) groups is 4. The molecule has 24 heavy (non-hydrogen) atoms. The van der Waals surface area contributed by atoms with Gasteiger partial charge >= 0.3 is 0 Å². The summed E-state index contributed by atoms with van der Waals surface area (Å²) >= 11 is 0. The molecule has 0 aromatic heterocycles. The maximum Gasteiger partial charge on any atom is 0.235 e. The van der Waals surface area contributed by atoms with Crippen molar-refractivity contribution in [2.24, 2.45) is 0 Å². The third kappa shape index (κ3) is 1.76. The summed E-state index contributed by atoms with van der Waals surface area (Å²) in [4.78, 5) is 50.7. The largest absolute Gasteiger partial charge is 0.484 e. The summed E-state index contributed by atoms with van der Waals surface area (Å²) in [6, 6.07) is 5.85. The minimum Gasteiger partial charge on any atom is -0.484 e. The third-order valence-electron chi connectivity index (χ3n) is 4.76. The Kier molecular flexibility index (Phi) is 2.85. The molecule has 2 heterocycles. The van der Waals surface area contributed by atoms with E-state index in [1.54, 1.807) is 38.1 Å².